The van der Waals surface area contributed by atoms with Gasteiger partial charge in [-0.15, -0.1) is 0 Å². The maximum Gasteiger partial charge on any atom is 0.406 e. The van der Waals surface area contributed by atoms with Crippen LogP contribution in [0.5, 0.6) is 0 Å². The van der Waals surface area contributed by atoms with E-state index in [2.05, 4.69) is 0 Å². The highest BCUT2D eigenvalue weighted by Gasteiger charge is 2.30. The smallest absolute Gasteiger partial charge is 0.406 e. The zero-order valence-electron chi connectivity index (χ0n) is 16.4. The fourth-order valence-corrected chi connectivity index (χ4v) is 2.90. The van der Waals surface area contributed by atoms with Crippen LogP contribution in [0.15, 0.2) is 30.3 Å². The molecule has 0 saturated carbocycles. The number of rotatable bonds is 8. The molecule has 0 aliphatic carbocycles. The maximum atomic E-state index is 12.7. The molecule has 1 aromatic carbocycles. The van der Waals surface area contributed by atoms with Crippen molar-refractivity contribution in [2.45, 2.75) is 46.3 Å². The van der Waals surface area contributed by atoms with Crippen molar-refractivity contribution in [3.05, 3.63) is 58.4 Å². The van der Waals surface area contributed by atoms with Gasteiger partial charge in [-0.3, -0.25) is 14.4 Å². The first kappa shape index (κ1) is 22.4. The van der Waals surface area contributed by atoms with Gasteiger partial charge in [0.1, 0.15) is 6.54 Å². The first-order valence-electron chi connectivity index (χ1n) is 9.00. The molecule has 1 aromatic heterocycles. The molecule has 0 amide bonds. The fraction of sp³-hybridized carbons (Fsp3) is 0.381. The van der Waals surface area contributed by atoms with Gasteiger partial charge in [-0.1, -0.05) is 29.8 Å². The second kappa shape index (κ2) is 9.07. The minimum atomic E-state index is -4.41. The number of benzene rings is 1. The van der Waals surface area contributed by atoms with Crippen molar-refractivity contribution < 1.29 is 32.3 Å². The van der Waals surface area contributed by atoms with Crippen LogP contribution in [0, 0.1) is 20.8 Å². The average Bonchev–Trinajstić information content (AvgIpc) is 2.91. The Morgan fingerprint density at radius 1 is 0.966 bits per heavy atom. The number of aryl methyl sites for hydroxylation is 2. The molecule has 0 atom stereocenters. The Bertz CT molecular complexity index is 911. The quantitative estimate of drug-likeness (QED) is 0.480. The SMILES string of the molecule is Cc1ccc(C(=O)CCC(=O)OCC(=O)c2cc(C)n(CC(F)(F)F)c2C)cc1. The molecule has 8 heteroatoms. The Kier molecular flexibility index (Phi) is 7.00. The number of Topliss-reactive ketones (excluding diaryl/α,β-unsaturated/α-hetero) is 2. The Labute approximate surface area is 166 Å². The molecular weight excluding hydrogens is 387 g/mol. The molecule has 1 heterocycles. The van der Waals surface area contributed by atoms with E-state index in [0.29, 0.717) is 5.56 Å². The highest BCUT2D eigenvalue weighted by molar-refractivity contribution is 6.00. The molecule has 0 unspecified atom stereocenters. The minimum absolute atomic E-state index is 0.0593. The van der Waals surface area contributed by atoms with Crippen molar-refractivity contribution in [3.63, 3.8) is 0 Å². The van der Waals surface area contributed by atoms with Gasteiger partial charge in [-0.2, -0.15) is 13.2 Å². The number of hydrogen-bond acceptors (Lipinski definition) is 4. The van der Waals surface area contributed by atoms with Crippen molar-refractivity contribution in [2.75, 3.05) is 6.61 Å². The monoisotopic (exact) mass is 409 g/mol. The highest BCUT2D eigenvalue weighted by Crippen LogP contribution is 2.23. The number of ether oxygens (including phenoxy) is 1. The van der Waals surface area contributed by atoms with Gasteiger partial charge in [0, 0.05) is 28.9 Å². The Hall–Kier alpha value is -2.90. The van der Waals surface area contributed by atoms with Gasteiger partial charge < -0.3 is 9.30 Å². The van der Waals surface area contributed by atoms with Gasteiger partial charge in [-0.05, 0) is 26.8 Å². The van der Waals surface area contributed by atoms with Crippen LogP contribution in [0.2, 0.25) is 0 Å². The van der Waals surface area contributed by atoms with E-state index in [1.54, 1.807) is 24.3 Å². The zero-order valence-corrected chi connectivity index (χ0v) is 16.4. The number of esters is 1. The number of aromatic nitrogens is 1. The fourth-order valence-electron chi connectivity index (χ4n) is 2.90. The largest absolute Gasteiger partial charge is 0.457 e. The van der Waals surface area contributed by atoms with E-state index in [4.69, 9.17) is 4.74 Å². The molecule has 0 aliphatic heterocycles. The van der Waals surface area contributed by atoms with E-state index >= 15 is 0 Å². The third kappa shape index (κ3) is 6.30. The van der Waals surface area contributed by atoms with Crippen LogP contribution in [-0.4, -0.2) is 34.9 Å². The number of alkyl halides is 3. The van der Waals surface area contributed by atoms with Crippen LogP contribution in [-0.2, 0) is 16.1 Å². The third-order valence-corrected chi connectivity index (χ3v) is 4.51. The summed E-state index contributed by atoms with van der Waals surface area (Å²) >= 11 is 0. The zero-order chi connectivity index (χ0) is 21.8. The van der Waals surface area contributed by atoms with Crippen LogP contribution in [0.25, 0.3) is 0 Å². The summed E-state index contributed by atoms with van der Waals surface area (Å²) in [6, 6.07) is 8.27. The van der Waals surface area contributed by atoms with Crippen LogP contribution in [0.4, 0.5) is 13.2 Å². The molecule has 2 rings (SSSR count). The summed E-state index contributed by atoms with van der Waals surface area (Å²) in [7, 11) is 0. The molecule has 0 N–H and O–H groups in total. The second-order valence-corrected chi connectivity index (χ2v) is 6.86. The highest BCUT2D eigenvalue weighted by atomic mass is 19.4. The molecule has 0 fully saturated rings. The molecule has 156 valence electrons. The van der Waals surface area contributed by atoms with Gasteiger partial charge in [-0.25, -0.2) is 0 Å². The number of nitrogens with zero attached hydrogens (tertiary/aromatic N) is 1. The molecular formula is C21H22F3NO4. The first-order valence-corrected chi connectivity index (χ1v) is 9.00. The van der Waals surface area contributed by atoms with Crippen LogP contribution in [0.3, 0.4) is 0 Å². The van der Waals surface area contributed by atoms with Crippen LogP contribution in [0.1, 0.15) is 50.5 Å². The topological polar surface area (TPSA) is 65.4 Å². The lowest BCUT2D eigenvalue weighted by molar-refractivity contribution is -0.142. The number of hydrogen-bond donors (Lipinski definition) is 0. The number of carbonyl (C=O) groups is 3. The molecule has 0 aliphatic rings. The molecule has 2 aromatic rings. The molecule has 29 heavy (non-hydrogen) atoms. The Balaban J connectivity index is 1.89. The van der Waals surface area contributed by atoms with Gasteiger partial charge in [0.25, 0.3) is 0 Å². The Morgan fingerprint density at radius 3 is 2.17 bits per heavy atom. The van der Waals surface area contributed by atoms with E-state index in [1.807, 2.05) is 6.92 Å². The van der Waals surface area contributed by atoms with Crippen LogP contribution >= 0.6 is 0 Å². The third-order valence-electron chi connectivity index (χ3n) is 4.51. The van der Waals surface area contributed by atoms with Gasteiger partial charge in [0.2, 0.25) is 5.78 Å². The van der Waals surface area contributed by atoms with E-state index in [1.165, 1.54) is 19.9 Å². The molecule has 0 radical (unpaired) electrons. The molecule has 0 bridgehead atoms. The lowest BCUT2D eigenvalue weighted by atomic mass is 10.1. The van der Waals surface area contributed by atoms with Crippen molar-refractivity contribution in [1.82, 2.24) is 4.57 Å². The molecule has 0 saturated heterocycles. The summed E-state index contributed by atoms with van der Waals surface area (Å²) in [5.74, 6) is -1.53. The average molecular weight is 409 g/mol. The summed E-state index contributed by atoms with van der Waals surface area (Å²) in [6.45, 7) is 2.99. The number of carbonyl (C=O) groups excluding carboxylic acids is 3. The van der Waals surface area contributed by atoms with Crippen molar-refractivity contribution in [1.29, 1.82) is 0 Å². The molecule has 5 nitrogen and oxygen atoms in total. The predicted molar refractivity (Wildman–Crippen MR) is 100.0 cm³/mol. The van der Waals surface area contributed by atoms with E-state index in [-0.39, 0.29) is 35.6 Å². The van der Waals surface area contributed by atoms with Crippen LogP contribution < -0.4 is 0 Å². The summed E-state index contributed by atoms with van der Waals surface area (Å²) in [6.07, 6.45) is -4.66. The van der Waals surface area contributed by atoms with E-state index < -0.39 is 31.1 Å². The minimum Gasteiger partial charge on any atom is -0.457 e. The standard InChI is InChI=1S/C21H22F3NO4/c1-13-4-6-16(7-5-13)18(26)8-9-20(28)29-11-19(27)17-10-14(2)25(15(17)3)12-21(22,23)24/h4-7,10H,8-9,11-12H2,1-3H3. The van der Waals surface area contributed by atoms with E-state index in [0.717, 1.165) is 10.1 Å². The lowest BCUT2D eigenvalue weighted by Crippen LogP contribution is -2.20. The van der Waals surface area contributed by atoms with Gasteiger partial charge in [0.15, 0.2) is 12.4 Å². The van der Waals surface area contributed by atoms with Crippen molar-refractivity contribution >= 4 is 17.5 Å². The summed E-state index contributed by atoms with van der Waals surface area (Å²) < 4.78 is 43.9. The normalized spacial score (nSPS) is 11.4. The number of halogens is 3. The first-order chi connectivity index (χ1) is 13.5. The van der Waals surface area contributed by atoms with Gasteiger partial charge >= 0.3 is 12.1 Å². The second-order valence-electron chi connectivity index (χ2n) is 6.86. The number of ketones is 2. The maximum absolute atomic E-state index is 12.7. The van der Waals surface area contributed by atoms with E-state index in [9.17, 15) is 27.6 Å². The van der Waals surface area contributed by atoms with Crippen molar-refractivity contribution in [3.8, 4) is 0 Å². The van der Waals surface area contributed by atoms with Gasteiger partial charge in [0.05, 0.1) is 6.42 Å². The van der Waals surface area contributed by atoms with Crippen molar-refractivity contribution in [2.24, 2.45) is 0 Å². The molecule has 0 spiro atoms. The Morgan fingerprint density at radius 2 is 1.59 bits per heavy atom. The summed E-state index contributed by atoms with van der Waals surface area (Å²) in [5.41, 5.74) is 2.02. The lowest BCUT2D eigenvalue weighted by Gasteiger charge is -2.12. The summed E-state index contributed by atoms with van der Waals surface area (Å²) in [4.78, 5) is 36.1. The predicted octanol–water partition coefficient (Wildman–Crippen LogP) is 4.36. The summed E-state index contributed by atoms with van der Waals surface area (Å²) in [5, 5.41) is 0.